The number of Topliss-reactive ketones (excluding diaryl/α,β-unsaturated/α-hetero) is 1. The van der Waals surface area contributed by atoms with Gasteiger partial charge in [-0.3, -0.25) is 14.7 Å². The lowest BCUT2D eigenvalue weighted by Gasteiger charge is -2.23. The first kappa shape index (κ1) is 17.6. The number of para-hydroxylation sites is 1. The van der Waals surface area contributed by atoms with Crippen LogP contribution in [0.25, 0.3) is 11.3 Å². The quantitative estimate of drug-likeness (QED) is 0.641. The van der Waals surface area contributed by atoms with Crippen LogP contribution in [-0.4, -0.2) is 45.5 Å². The molecule has 28 heavy (non-hydrogen) atoms. The number of aromatic amines is 1. The number of carboxylic acid groups (broad SMARTS) is 1. The number of fused-ring (bicyclic) bond motifs is 1. The molecule has 1 amide bonds. The average Bonchev–Trinajstić information content (AvgIpc) is 3.07. The minimum atomic E-state index is -1.13. The van der Waals surface area contributed by atoms with Crippen LogP contribution in [0.5, 0.6) is 5.75 Å². The number of amides is 1. The highest BCUT2D eigenvalue weighted by atomic mass is 16.5. The average molecular weight is 378 g/mol. The molecule has 0 spiro atoms. The Morgan fingerprint density at radius 2 is 2.04 bits per heavy atom. The Kier molecular flexibility index (Phi) is 4.44. The lowest BCUT2D eigenvalue weighted by Crippen LogP contribution is -2.38. The molecule has 8 heteroatoms. The number of methoxy groups -OCH3 is 1. The molecule has 1 aliphatic heterocycles. The summed E-state index contributed by atoms with van der Waals surface area (Å²) in [5.41, 5.74) is 3.79. The standard InChI is InChI=1S/C20H18N4O4/c1-28-16-9-21-8-7-13(16)18-19(22-12-5-3-2-4-6-12)17-14(23-18)10-24(20(26)27)11-15(17)25/h2-9,22-23H,10-11H2,1H3,(H,26,27). The fourth-order valence-electron chi connectivity index (χ4n) is 3.35. The van der Waals surface area contributed by atoms with Crippen molar-refractivity contribution in [3.63, 3.8) is 0 Å². The Balaban J connectivity index is 1.89. The van der Waals surface area contributed by atoms with Crippen molar-refractivity contribution in [1.82, 2.24) is 14.9 Å². The third-order valence-electron chi connectivity index (χ3n) is 4.63. The highest BCUT2D eigenvalue weighted by molar-refractivity contribution is 6.09. The Hall–Kier alpha value is -3.81. The number of H-pyrrole nitrogens is 1. The summed E-state index contributed by atoms with van der Waals surface area (Å²) < 4.78 is 5.42. The van der Waals surface area contributed by atoms with E-state index in [1.54, 1.807) is 25.6 Å². The monoisotopic (exact) mass is 378 g/mol. The van der Waals surface area contributed by atoms with Gasteiger partial charge in [0.15, 0.2) is 5.78 Å². The maximum atomic E-state index is 12.8. The van der Waals surface area contributed by atoms with Gasteiger partial charge in [-0.05, 0) is 18.2 Å². The van der Waals surface area contributed by atoms with Gasteiger partial charge in [-0.25, -0.2) is 4.79 Å². The van der Waals surface area contributed by atoms with Gasteiger partial charge in [-0.2, -0.15) is 0 Å². The normalized spacial score (nSPS) is 13.2. The van der Waals surface area contributed by atoms with Crippen LogP contribution in [0.15, 0.2) is 48.8 Å². The molecule has 2 aromatic heterocycles. The Bertz CT molecular complexity index is 1050. The van der Waals surface area contributed by atoms with Crippen molar-refractivity contribution >= 4 is 23.3 Å². The van der Waals surface area contributed by atoms with Gasteiger partial charge >= 0.3 is 6.09 Å². The topological polar surface area (TPSA) is 108 Å². The largest absolute Gasteiger partial charge is 0.494 e. The predicted molar refractivity (Wildman–Crippen MR) is 103 cm³/mol. The molecule has 0 saturated heterocycles. The van der Waals surface area contributed by atoms with Crippen LogP contribution in [0, 0.1) is 0 Å². The van der Waals surface area contributed by atoms with E-state index in [0.717, 1.165) is 16.2 Å². The van der Waals surface area contributed by atoms with Crippen LogP contribution in [0.2, 0.25) is 0 Å². The summed E-state index contributed by atoms with van der Waals surface area (Å²) in [6.07, 6.45) is 2.09. The number of pyridine rings is 1. The van der Waals surface area contributed by atoms with Gasteiger partial charge in [0.05, 0.1) is 43.3 Å². The number of hydrogen-bond donors (Lipinski definition) is 3. The van der Waals surface area contributed by atoms with E-state index in [4.69, 9.17) is 4.74 Å². The van der Waals surface area contributed by atoms with Crippen LogP contribution < -0.4 is 10.1 Å². The second-order valence-electron chi connectivity index (χ2n) is 6.36. The molecular formula is C20H18N4O4. The zero-order valence-corrected chi connectivity index (χ0v) is 15.1. The number of ether oxygens (including phenoxy) is 1. The number of aromatic nitrogens is 2. The van der Waals surface area contributed by atoms with E-state index in [-0.39, 0.29) is 18.9 Å². The van der Waals surface area contributed by atoms with Crippen molar-refractivity contribution in [3.05, 3.63) is 60.0 Å². The highest BCUT2D eigenvalue weighted by Crippen LogP contribution is 2.40. The lowest BCUT2D eigenvalue weighted by molar-refractivity contribution is 0.0874. The first-order chi connectivity index (χ1) is 13.6. The number of nitrogens with zero attached hydrogens (tertiary/aromatic N) is 2. The van der Waals surface area contributed by atoms with E-state index < -0.39 is 6.09 Å². The summed E-state index contributed by atoms with van der Waals surface area (Å²) in [6.45, 7) is -0.0795. The summed E-state index contributed by atoms with van der Waals surface area (Å²) in [6, 6.07) is 11.3. The molecule has 0 fully saturated rings. The van der Waals surface area contributed by atoms with Crippen molar-refractivity contribution in [1.29, 1.82) is 0 Å². The molecule has 142 valence electrons. The zero-order valence-electron chi connectivity index (χ0n) is 15.1. The third kappa shape index (κ3) is 3.05. The fraction of sp³-hybridized carbons (Fsp3) is 0.150. The first-order valence-electron chi connectivity index (χ1n) is 8.65. The van der Waals surface area contributed by atoms with Gasteiger partial charge in [0, 0.05) is 23.1 Å². The number of carbonyl (C=O) groups is 2. The molecule has 8 nitrogen and oxygen atoms in total. The molecule has 0 bridgehead atoms. The second kappa shape index (κ2) is 7.07. The van der Waals surface area contributed by atoms with E-state index in [1.807, 2.05) is 30.3 Å². The predicted octanol–water partition coefficient (Wildman–Crippen LogP) is 3.51. The van der Waals surface area contributed by atoms with Crippen molar-refractivity contribution in [3.8, 4) is 17.0 Å². The number of ketones is 1. The smallest absolute Gasteiger partial charge is 0.408 e. The summed E-state index contributed by atoms with van der Waals surface area (Å²) in [4.78, 5) is 32.6. The summed E-state index contributed by atoms with van der Waals surface area (Å²) >= 11 is 0. The van der Waals surface area contributed by atoms with E-state index in [0.29, 0.717) is 28.4 Å². The number of anilines is 2. The molecule has 1 aromatic carbocycles. The van der Waals surface area contributed by atoms with Crippen molar-refractivity contribution in [2.45, 2.75) is 6.54 Å². The Morgan fingerprint density at radius 1 is 1.25 bits per heavy atom. The highest BCUT2D eigenvalue weighted by Gasteiger charge is 2.33. The molecule has 1 aliphatic rings. The van der Waals surface area contributed by atoms with Crippen LogP contribution >= 0.6 is 0 Å². The first-order valence-corrected chi connectivity index (χ1v) is 8.65. The number of rotatable bonds is 4. The summed E-state index contributed by atoms with van der Waals surface area (Å²) in [7, 11) is 1.55. The van der Waals surface area contributed by atoms with E-state index in [1.165, 1.54) is 0 Å². The minimum absolute atomic E-state index is 0.104. The Labute approximate surface area is 160 Å². The van der Waals surface area contributed by atoms with Crippen molar-refractivity contribution < 1.29 is 19.4 Å². The molecule has 3 heterocycles. The third-order valence-corrected chi connectivity index (χ3v) is 4.63. The summed E-state index contributed by atoms with van der Waals surface area (Å²) in [5.74, 6) is 0.275. The number of nitrogens with one attached hydrogen (secondary N) is 2. The number of benzene rings is 1. The van der Waals surface area contributed by atoms with Gasteiger partial charge in [0.1, 0.15) is 5.75 Å². The SMILES string of the molecule is COc1cnccc1-c1[nH]c2c(c1Nc1ccccc1)C(=O)CN(C(=O)O)C2. The van der Waals surface area contributed by atoms with E-state index >= 15 is 0 Å². The number of carbonyl (C=O) groups excluding carboxylic acids is 1. The van der Waals surface area contributed by atoms with Crippen LogP contribution in [0.4, 0.5) is 16.2 Å². The molecule has 0 unspecified atom stereocenters. The molecule has 4 rings (SSSR count). The van der Waals surface area contributed by atoms with Gasteiger partial charge < -0.3 is 20.1 Å². The molecule has 3 aromatic rings. The van der Waals surface area contributed by atoms with Crippen LogP contribution in [0.3, 0.4) is 0 Å². The Morgan fingerprint density at radius 3 is 2.75 bits per heavy atom. The zero-order chi connectivity index (χ0) is 19.7. The van der Waals surface area contributed by atoms with Crippen LogP contribution in [0.1, 0.15) is 16.1 Å². The van der Waals surface area contributed by atoms with Gasteiger partial charge in [0.2, 0.25) is 0 Å². The maximum absolute atomic E-state index is 12.8. The van der Waals surface area contributed by atoms with Gasteiger partial charge in [0.25, 0.3) is 0 Å². The van der Waals surface area contributed by atoms with Crippen molar-refractivity contribution in [2.24, 2.45) is 0 Å². The molecule has 0 atom stereocenters. The van der Waals surface area contributed by atoms with E-state index in [2.05, 4.69) is 15.3 Å². The fourth-order valence-corrected chi connectivity index (χ4v) is 3.35. The minimum Gasteiger partial charge on any atom is -0.494 e. The number of hydrogen-bond acceptors (Lipinski definition) is 5. The maximum Gasteiger partial charge on any atom is 0.408 e. The molecule has 3 N–H and O–H groups in total. The lowest BCUT2D eigenvalue weighted by atomic mass is 10.0. The molecule has 0 radical (unpaired) electrons. The molecule has 0 aliphatic carbocycles. The van der Waals surface area contributed by atoms with Crippen LogP contribution in [-0.2, 0) is 6.54 Å². The van der Waals surface area contributed by atoms with Crippen molar-refractivity contribution in [2.75, 3.05) is 19.0 Å². The second-order valence-corrected chi connectivity index (χ2v) is 6.36. The summed E-state index contributed by atoms with van der Waals surface area (Å²) in [5, 5.41) is 12.6. The molecule has 0 saturated carbocycles. The molecular weight excluding hydrogens is 360 g/mol. The van der Waals surface area contributed by atoms with E-state index in [9.17, 15) is 14.7 Å². The van der Waals surface area contributed by atoms with Gasteiger partial charge in [-0.15, -0.1) is 0 Å². The van der Waals surface area contributed by atoms with Gasteiger partial charge in [-0.1, -0.05) is 18.2 Å².